The number of primary amides is 1. The van der Waals surface area contributed by atoms with E-state index < -0.39 is 0 Å². The average Bonchev–Trinajstić information content (AvgIpc) is 2.66. The van der Waals surface area contributed by atoms with Crippen LogP contribution in [0.2, 0.25) is 0 Å². The zero-order valence-corrected chi connectivity index (χ0v) is 19.3. The second-order valence-corrected chi connectivity index (χ2v) is 7.53. The van der Waals surface area contributed by atoms with Crippen LogP contribution in [0.1, 0.15) is 65.2 Å². The zero-order chi connectivity index (χ0) is 18.8. The number of hydrogen-bond acceptors (Lipinski definition) is 3. The number of likely N-dealkylation sites (tertiary alicyclic amines) is 1. The van der Waals surface area contributed by atoms with Gasteiger partial charge in [-0.2, -0.15) is 0 Å². The molecule has 0 bridgehead atoms. The third kappa shape index (κ3) is 8.01. The van der Waals surface area contributed by atoms with Gasteiger partial charge in [-0.15, -0.1) is 24.0 Å². The number of amides is 2. The van der Waals surface area contributed by atoms with Gasteiger partial charge < -0.3 is 26.0 Å². The number of hydrogen-bond donors (Lipinski definition) is 3. The van der Waals surface area contributed by atoms with Crippen LogP contribution in [0.15, 0.2) is 4.99 Å². The number of ether oxygens (including phenoxy) is 1. The minimum absolute atomic E-state index is 0. The van der Waals surface area contributed by atoms with Gasteiger partial charge >= 0.3 is 6.03 Å². The van der Waals surface area contributed by atoms with Crippen LogP contribution in [0.25, 0.3) is 0 Å². The molecule has 2 fully saturated rings. The predicted octanol–water partition coefficient (Wildman–Crippen LogP) is 2.83. The first-order chi connectivity index (χ1) is 12.6. The molecule has 2 rings (SSSR count). The fourth-order valence-electron chi connectivity index (χ4n) is 3.84. The van der Waals surface area contributed by atoms with Crippen molar-refractivity contribution in [3.05, 3.63) is 0 Å². The average molecular weight is 495 g/mol. The Hall–Kier alpha value is -0.770. The molecule has 1 saturated heterocycles. The molecule has 1 heterocycles. The van der Waals surface area contributed by atoms with Gasteiger partial charge in [0.05, 0.1) is 12.1 Å². The molecule has 0 aromatic rings. The number of carbonyl (C=O) groups excluding carboxylic acids is 1. The van der Waals surface area contributed by atoms with Gasteiger partial charge in [0.15, 0.2) is 5.96 Å². The third-order valence-corrected chi connectivity index (χ3v) is 5.39. The molecule has 0 aromatic heterocycles. The van der Waals surface area contributed by atoms with Crippen molar-refractivity contribution in [2.24, 2.45) is 10.7 Å². The van der Waals surface area contributed by atoms with Gasteiger partial charge in [0.1, 0.15) is 0 Å². The summed E-state index contributed by atoms with van der Waals surface area (Å²) < 4.78 is 6.26. The number of carbonyl (C=O) groups is 1. The van der Waals surface area contributed by atoms with E-state index in [0.717, 1.165) is 51.2 Å². The monoisotopic (exact) mass is 495 g/mol. The topological polar surface area (TPSA) is 92.0 Å². The molecule has 7 nitrogen and oxygen atoms in total. The number of aliphatic imine (C=N–C) groups is 1. The van der Waals surface area contributed by atoms with Crippen LogP contribution in [0.3, 0.4) is 0 Å². The third-order valence-electron chi connectivity index (χ3n) is 5.39. The van der Waals surface area contributed by atoms with Gasteiger partial charge in [-0.05, 0) is 39.0 Å². The highest BCUT2D eigenvalue weighted by Crippen LogP contribution is 2.32. The first kappa shape index (κ1) is 24.3. The molecule has 0 radical (unpaired) electrons. The van der Waals surface area contributed by atoms with Crippen molar-refractivity contribution < 1.29 is 9.53 Å². The van der Waals surface area contributed by atoms with Gasteiger partial charge in [-0.3, -0.25) is 4.99 Å². The summed E-state index contributed by atoms with van der Waals surface area (Å²) in [6.45, 7) is 7.99. The predicted molar refractivity (Wildman–Crippen MR) is 121 cm³/mol. The molecule has 2 aliphatic rings. The van der Waals surface area contributed by atoms with Crippen LogP contribution < -0.4 is 16.4 Å². The van der Waals surface area contributed by atoms with E-state index in [-0.39, 0.29) is 35.6 Å². The van der Waals surface area contributed by atoms with Crippen molar-refractivity contribution in [1.29, 1.82) is 0 Å². The number of guanidine groups is 1. The largest absolute Gasteiger partial charge is 0.373 e. The van der Waals surface area contributed by atoms with Crippen LogP contribution in [0, 0.1) is 0 Å². The maximum atomic E-state index is 11.3. The molecule has 158 valence electrons. The standard InChI is InChI=1S/C19H37N5O2.HI/c1-3-14-26-19(10-6-5-7-11-19)15-22-18(21-4-2)23-16-8-12-24(13-9-16)17(20)25;/h16H,3-15H2,1-2H3,(H2,20,25)(H2,21,22,23);1H. The van der Waals surface area contributed by atoms with Gasteiger partial charge in [-0.25, -0.2) is 4.79 Å². The SMILES string of the molecule is CCCOC1(CN=C(NCC)NC2CCN(C(N)=O)CC2)CCCCC1.I. The Bertz CT molecular complexity index is 461. The number of rotatable bonds is 7. The summed E-state index contributed by atoms with van der Waals surface area (Å²) in [5.74, 6) is 0.857. The van der Waals surface area contributed by atoms with Crippen LogP contribution in [0.4, 0.5) is 4.79 Å². The lowest BCUT2D eigenvalue weighted by atomic mass is 9.84. The molecule has 27 heavy (non-hydrogen) atoms. The smallest absolute Gasteiger partial charge is 0.314 e. The van der Waals surface area contributed by atoms with Gasteiger partial charge in [0.2, 0.25) is 0 Å². The van der Waals surface area contributed by atoms with Crippen molar-refractivity contribution >= 4 is 36.0 Å². The number of urea groups is 1. The lowest BCUT2D eigenvalue weighted by Gasteiger charge is -2.36. The van der Waals surface area contributed by atoms with E-state index in [1.165, 1.54) is 19.3 Å². The molecule has 0 aromatic carbocycles. The first-order valence-electron chi connectivity index (χ1n) is 10.3. The maximum absolute atomic E-state index is 11.3. The van der Waals surface area contributed by atoms with Crippen LogP contribution >= 0.6 is 24.0 Å². The summed E-state index contributed by atoms with van der Waals surface area (Å²) in [4.78, 5) is 17.8. The zero-order valence-electron chi connectivity index (χ0n) is 17.0. The van der Waals surface area contributed by atoms with E-state index >= 15 is 0 Å². The van der Waals surface area contributed by atoms with Gasteiger partial charge in [-0.1, -0.05) is 26.2 Å². The van der Waals surface area contributed by atoms with E-state index in [1.54, 1.807) is 4.90 Å². The molecular formula is C19H38IN5O2. The molecule has 1 saturated carbocycles. The lowest BCUT2D eigenvalue weighted by Crippen LogP contribution is -2.51. The second-order valence-electron chi connectivity index (χ2n) is 7.53. The lowest BCUT2D eigenvalue weighted by molar-refractivity contribution is -0.0624. The highest BCUT2D eigenvalue weighted by atomic mass is 127. The summed E-state index contributed by atoms with van der Waals surface area (Å²) in [6, 6.07) is -0.00129. The number of piperidine rings is 1. The number of nitrogens with one attached hydrogen (secondary N) is 2. The van der Waals surface area contributed by atoms with Crippen LogP contribution in [0.5, 0.6) is 0 Å². The Morgan fingerprint density at radius 2 is 1.89 bits per heavy atom. The minimum atomic E-state index is -0.323. The van der Waals surface area contributed by atoms with Crippen molar-refractivity contribution in [3.63, 3.8) is 0 Å². The molecule has 4 N–H and O–H groups in total. The number of halogens is 1. The summed E-state index contributed by atoms with van der Waals surface area (Å²) in [6.07, 6.45) is 8.80. The molecule has 8 heteroatoms. The Labute approximate surface area is 181 Å². The molecule has 1 aliphatic carbocycles. The highest BCUT2D eigenvalue weighted by Gasteiger charge is 2.33. The van der Waals surface area contributed by atoms with Crippen molar-refractivity contribution in [1.82, 2.24) is 15.5 Å². The van der Waals surface area contributed by atoms with Gasteiger partial charge in [0.25, 0.3) is 0 Å². The normalized spacial score (nSPS) is 20.7. The Morgan fingerprint density at radius 3 is 2.44 bits per heavy atom. The minimum Gasteiger partial charge on any atom is -0.373 e. The van der Waals surface area contributed by atoms with Crippen LogP contribution in [-0.2, 0) is 4.74 Å². The van der Waals surface area contributed by atoms with Crippen molar-refractivity contribution in [2.75, 3.05) is 32.8 Å². The molecule has 1 aliphatic heterocycles. The molecule has 2 amide bonds. The molecule has 0 atom stereocenters. The summed E-state index contributed by atoms with van der Waals surface area (Å²) >= 11 is 0. The highest BCUT2D eigenvalue weighted by molar-refractivity contribution is 14.0. The number of nitrogens with two attached hydrogens (primary N) is 1. The summed E-state index contributed by atoms with van der Waals surface area (Å²) in [7, 11) is 0. The number of nitrogens with zero attached hydrogens (tertiary/aromatic N) is 2. The van der Waals surface area contributed by atoms with E-state index in [2.05, 4.69) is 24.5 Å². The van der Waals surface area contributed by atoms with E-state index in [0.29, 0.717) is 25.7 Å². The quantitative estimate of drug-likeness (QED) is 0.288. The Morgan fingerprint density at radius 1 is 1.22 bits per heavy atom. The second kappa shape index (κ2) is 12.6. The Balaban J connectivity index is 0.00000364. The summed E-state index contributed by atoms with van der Waals surface area (Å²) in [5, 5.41) is 6.89. The van der Waals surface area contributed by atoms with E-state index in [1.807, 2.05) is 0 Å². The fourth-order valence-corrected chi connectivity index (χ4v) is 3.84. The van der Waals surface area contributed by atoms with Crippen LogP contribution in [-0.4, -0.2) is 61.3 Å². The molecule has 0 spiro atoms. The van der Waals surface area contributed by atoms with Crippen molar-refractivity contribution in [2.45, 2.75) is 76.9 Å². The molecule has 0 unspecified atom stereocenters. The van der Waals surface area contributed by atoms with E-state index in [4.69, 9.17) is 15.5 Å². The van der Waals surface area contributed by atoms with E-state index in [9.17, 15) is 4.79 Å². The maximum Gasteiger partial charge on any atom is 0.314 e. The van der Waals surface area contributed by atoms with Crippen molar-refractivity contribution in [3.8, 4) is 0 Å². The summed E-state index contributed by atoms with van der Waals surface area (Å²) in [5.41, 5.74) is 5.27. The first-order valence-corrected chi connectivity index (χ1v) is 10.3. The fraction of sp³-hybridized carbons (Fsp3) is 0.895. The van der Waals surface area contributed by atoms with Gasteiger partial charge in [0, 0.05) is 32.3 Å². The molecular weight excluding hydrogens is 457 g/mol. The Kier molecular flexibility index (Phi) is 11.4.